The van der Waals surface area contributed by atoms with E-state index in [0.717, 1.165) is 37.4 Å². The van der Waals surface area contributed by atoms with Crippen molar-refractivity contribution in [3.8, 4) is 0 Å². The van der Waals surface area contributed by atoms with Gasteiger partial charge in [-0.2, -0.15) is 0 Å². The number of nitrogens with one attached hydrogen (secondary N) is 2. The van der Waals surface area contributed by atoms with Gasteiger partial charge in [0, 0.05) is 6.54 Å². The quantitative estimate of drug-likeness (QED) is 0.594. The molecular formula is C21H30N6O2S. The molecule has 1 fully saturated rings. The number of hydrogen-bond acceptors (Lipinski definition) is 6. The van der Waals surface area contributed by atoms with E-state index in [2.05, 4.69) is 42.4 Å². The van der Waals surface area contributed by atoms with Gasteiger partial charge in [0.15, 0.2) is 5.16 Å². The Hall–Kier alpha value is -2.39. The van der Waals surface area contributed by atoms with Crippen molar-refractivity contribution < 1.29 is 9.59 Å². The maximum Gasteiger partial charge on any atom is 0.321 e. The fourth-order valence-corrected chi connectivity index (χ4v) is 4.12. The third kappa shape index (κ3) is 6.84. The van der Waals surface area contributed by atoms with Gasteiger partial charge < -0.3 is 9.88 Å². The molecule has 1 aliphatic rings. The lowest BCUT2D eigenvalue weighted by atomic mass is 10.1. The number of amides is 3. The fraction of sp³-hybridized carbons (Fsp3) is 0.524. The molecule has 0 radical (unpaired) electrons. The van der Waals surface area contributed by atoms with Crippen molar-refractivity contribution >= 4 is 23.7 Å². The summed E-state index contributed by atoms with van der Waals surface area (Å²) in [6.07, 6.45) is 4.54. The SMILES string of the molecule is CCCNC(=O)NC(=O)CSc1nnc(CN2CCCCC2)n1Cc1ccccc1. The second-order valence-corrected chi connectivity index (χ2v) is 8.34. The number of likely N-dealkylation sites (tertiary alicyclic amines) is 1. The summed E-state index contributed by atoms with van der Waals surface area (Å²) in [6.45, 7) is 6.06. The molecule has 1 aromatic carbocycles. The van der Waals surface area contributed by atoms with Crippen LogP contribution in [0.1, 0.15) is 44.0 Å². The van der Waals surface area contributed by atoms with Crippen LogP contribution in [0.5, 0.6) is 0 Å². The zero-order valence-corrected chi connectivity index (χ0v) is 18.3. The molecule has 3 rings (SSSR count). The molecule has 2 aromatic rings. The lowest BCUT2D eigenvalue weighted by Crippen LogP contribution is -2.40. The molecule has 0 atom stereocenters. The molecule has 9 heteroatoms. The Kier molecular flexibility index (Phi) is 8.70. The van der Waals surface area contributed by atoms with Crippen molar-refractivity contribution in [3.05, 3.63) is 41.7 Å². The highest BCUT2D eigenvalue weighted by Gasteiger charge is 2.19. The predicted molar refractivity (Wildman–Crippen MR) is 117 cm³/mol. The number of urea groups is 1. The van der Waals surface area contributed by atoms with E-state index in [4.69, 9.17) is 0 Å². The molecule has 3 amide bonds. The summed E-state index contributed by atoms with van der Waals surface area (Å²) in [5.41, 5.74) is 1.16. The number of hydrogen-bond donors (Lipinski definition) is 2. The van der Waals surface area contributed by atoms with Crippen LogP contribution in [0.4, 0.5) is 4.79 Å². The highest BCUT2D eigenvalue weighted by Crippen LogP contribution is 2.21. The zero-order valence-electron chi connectivity index (χ0n) is 17.5. The number of benzene rings is 1. The second kappa shape index (κ2) is 11.7. The Bertz CT molecular complexity index is 820. The molecule has 0 unspecified atom stereocenters. The molecule has 0 saturated carbocycles. The maximum atomic E-state index is 12.1. The van der Waals surface area contributed by atoms with Gasteiger partial charge >= 0.3 is 6.03 Å². The van der Waals surface area contributed by atoms with E-state index in [0.29, 0.717) is 18.2 Å². The summed E-state index contributed by atoms with van der Waals surface area (Å²) in [5.74, 6) is 0.667. The largest absolute Gasteiger partial charge is 0.338 e. The molecule has 8 nitrogen and oxygen atoms in total. The smallest absolute Gasteiger partial charge is 0.321 e. The van der Waals surface area contributed by atoms with Gasteiger partial charge in [-0.3, -0.25) is 15.0 Å². The topological polar surface area (TPSA) is 92.2 Å². The Morgan fingerprint density at radius 2 is 1.83 bits per heavy atom. The first-order valence-electron chi connectivity index (χ1n) is 10.5. The highest BCUT2D eigenvalue weighted by molar-refractivity contribution is 7.99. The number of thioether (sulfide) groups is 1. The van der Waals surface area contributed by atoms with E-state index in [1.807, 2.05) is 25.1 Å². The van der Waals surface area contributed by atoms with Crippen LogP contribution in [-0.4, -0.2) is 57.0 Å². The van der Waals surface area contributed by atoms with Crippen molar-refractivity contribution in [2.24, 2.45) is 0 Å². The van der Waals surface area contributed by atoms with Crippen molar-refractivity contribution in [3.63, 3.8) is 0 Å². The highest BCUT2D eigenvalue weighted by atomic mass is 32.2. The Morgan fingerprint density at radius 3 is 2.57 bits per heavy atom. The fourth-order valence-electron chi connectivity index (χ4n) is 3.36. The molecule has 2 heterocycles. The summed E-state index contributed by atoms with van der Waals surface area (Å²) in [6, 6.07) is 9.71. The Balaban J connectivity index is 1.66. The first-order valence-corrected chi connectivity index (χ1v) is 11.5. The summed E-state index contributed by atoms with van der Waals surface area (Å²) in [5, 5.41) is 14.4. The number of rotatable bonds is 9. The normalized spacial score (nSPS) is 14.4. The minimum atomic E-state index is -0.459. The van der Waals surface area contributed by atoms with E-state index in [9.17, 15) is 9.59 Å². The molecule has 30 heavy (non-hydrogen) atoms. The van der Waals surface area contributed by atoms with Gasteiger partial charge in [0.05, 0.1) is 18.8 Å². The molecule has 2 N–H and O–H groups in total. The van der Waals surface area contributed by atoms with Crippen molar-refractivity contribution in [2.75, 3.05) is 25.4 Å². The standard InChI is InChI=1S/C21H30N6O2S/c1-2-11-22-20(29)23-19(28)16-30-21-25-24-18(15-26-12-7-4-8-13-26)27(21)14-17-9-5-3-6-10-17/h3,5-6,9-10H,2,4,7-8,11-16H2,1H3,(H2,22,23,28,29). The first kappa shape index (κ1) is 22.3. The molecule has 0 aliphatic carbocycles. The third-order valence-electron chi connectivity index (χ3n) is 4.91. The summed E-state index contributed by atoms with van der Waals surface area (Å²) in [4.78, 5) is 26.2. The predicted octanol–water partition coefficient (Wildman–Crippen LogP) is 2.64. The van der Waals surface area contributed by atoms with Crippen molar-refractivity contribution in [1.29, 1.82) is 0 Å². The van der Waals surface area contributed by atoms with Crippen LogP contribution < -0.4 is 10.6 Å². The van der Waals surface area contributed by atoms with E-state index < -0.39 is 6.03 Å². The minimum absolute atomic E-state index is 0.107. The molecular weight excluding hydrogens is 400 g/mol. The number of carbonyl (C=O) groups is 2. The average Bonchev–Trinajstić information content (AvgIpc) is 3.13. The van der Waals surface area contributed by atoms with Gasteiger partial charge in [-0.25, -0.2) is 4.79 Å². The zero-order chi connectivity index (χ0) is 21.2. The lowest BCUT2D eigenvalue weighted by molar-refractivity contribution is -0.117. The molecule has 162 valence electrons. The van der Waals surface area contributed by atoms with Crippen LogP contribution >= 0.6 is 11.8 Å². The van der Waals surface area contributed by atoms with Crippen LogP contribution in [0.3, 0.4) is 0 Å². The number of nitrogens with zero attached hydrogens (tertiary/aromatic N) is 4. The average molecular weight is 431 g/mol. The lowest BCUT2D eigenvalue weighted by Gasteiger charge is -2.26. The maximum absolute atomic E-state index is 12.1. The summed E-state index contributed by atoms with van der Waals surface area (Å²) in [7, 11) is 0. The van der Waals surface area contributed by atoms with Gasteiger partial charge in [0.1, 0.15) is 5.82 Å². The third-order valence-corrected chi connectivity index (χ3v) is 5.88. The Labute approximate surface area is 181 Å². The number of aromatic nitrogens is 3. The van der Waals surface area contributed by atoms with Crippen LogP contribution in [0.2, 0.25) is 0 Å². The molecule has 1 aromatic heterocycles. The minimum Gasteiger partial charge on any atom is -0.338 e. The van der Waals surface area contributed by atoms with Gasteiger partial charge in [0.25, 0.3) is 0 Å². The number of piperidine rings is 1. The molecule has 0 bridgehead atoms. The van der Waals surface area contributed by atoms with Crippen molar-refractivity contribution in [2.45, 2.75) is 50.9 Å². The number of imide groups is 1. The van der Waals surface area contributed by atoms with Crippen molar-refractivity contribution in [1.82, 2.24) is 30.3 Å². The second-order valence-electron chi connectivity index (χ2n) is 7.40. The van der Waals surface area contributed by atoms with E-state index in [1.165, 1.54) is 31.0 Å². The molecule has 1 saturated heterocycles. The van der Waals surface area contributed by atoms with Gasteiger partial charge in [-0.05, 0) is 37.9 Å². The van der Waals surface area contributed by atoms with Gasteiger partial charge in [0.2, 0.25) is 5.91 Å². The van der Waals surface area contributed by atoms with Crippen LogP contribution in [0, 0.1) is 0 Å². The summed E-state index contributed by atoms with van der Waals surface area (Å²) < 4.78 is 2.08. The van der Waals surface area contributed by atoms with E-state index >= 15 is 0 Å². The van der Waals surface area contributed by atoms with Crippen LogP contribution in [0.15, 0.2) is 35.5 Å². The van der Waals surface area contributed by atoms with Crippen LogP contribution in [-0.2, 0) is 17.9 Å². The van der Waals surface area contributed by atoms with E-state index in [1.54, 1.807) is 0 Å². The van der Waals surface area contributed by atoms with E-state index in [-0.39, 0.29) is 11.7 Å². The first-order chi connectivity index (χ1) is 14.7. The molecule has 1 aliphatic heterocycles. The molecule has 0 spiro atoms. The summed E-state index contributed by atoms with van der Waals surface area (Å²) >= 11 is 1.30. The number of carbonyl (C=O) groups excluding carboxylic acids is 2. The Morgan fingerprint density at radius 1 is 1.07 bits per heavy atom. The van der Waals surface area contributed by atoms with Gasteiger partial charge in [-0.15, -0.1) is 10.2 Å². The van der Waals surface area contributed by atoms with Gasteiger partial charge in [-0.1, -0.05) is 55.4 Å². The monoisotopic (exact) mass is 430 g/mol. The van der Waals surface area contributed by atoms with Crippen LogP contribution in [0.25, 0.3) is 0 Å².